The molecular formula is C6H11F3N2O. The minimum atomic E-state index is -4.71. The van der Waals surface area contributed by atoms with E-state index < -0.39 is 17.6 Å². The minimum absolute atomic E-state index is 0.648. The van der Waals surface area contributed by atoms with Gasteiger partial charge in [0.25, 0.3) is 5.91 Å². The van der Waals surface area contributed by atoms with E-state index in [9.17, 15) is 18.0 Å². The topological polar surface area (TPSA) is 46.3 Å². The number of halogens is 3. The molecule has 0 bridgehead atoms. The minimum Gasteiger partial charge on any atom is -0.347 e. The van der Waals surface area contributed by atoms with Gasteiger partial charge in [0.15, 0.2) is 5.54 Å². The standard InChI is InChI=1S/C6H11F3N2O/c1-5(10,6(7,8)9)4(12)11(2)3/h10H2,1-3H3. The highest BCUT2D eigenvalue weighted by atomic mass is 19.4. The van der Waals surface area contributed by atoms with Crippen molar-refractivity contribution in [2.45, 2.75) is 18.6 Å². The van der Waals surface area contributed by atoms with Crippen LogP contribution in [0.2, 0.25) is 0 Å². The second kappa shape index (κ2) is 2.93. The number of likely N-dealkylation sites (N-methyl/N-ethyl adjacent to an activating group) is 1. The summed E-state index contributed by atoms with van der Waals surface area (Å²) in [4.78, 5) is 11.7. The summed E-state index contributed by atoms with van der Waals surface area (Å²) in [6.45, 7) is 0.648. The van der Waals surface area contributed by atoms with E-state index in [2.05, 4.69) is 0 Å². The number of alkyl halides is 3. The lowest BCUT2D eigenvalue weighted by molar-refractivity contribution is -0.192. The first-order chi connectivity index (χ1) is 5.10. The van der Waals surface area contributed by atoms with E-state index >= 15 is 0 Å². The lowest BCUT2D eigenvalue weighted by Crippen LogP contribution is -2.60. The van der Waals surface area contributed by atoms with Crippen molar-refractivity contribution in [2.75, 3.05) is 14.1 Å². The van der Waals surface area contributed by atoms with Gasteiger partial charge < -0.3 is 10.6 Å². The fraction of sp³-hybridized carbons (Fsp3) is 0.833. The molecule has 0 aliphatic rings. The van der Waals surface area contributed by atoms with Crippen LogP contribution in [-0.4, -0.2) is 36.6 Å². The van der Waals surface area contributed by atoms with Crippen molar-refractivity contribution in [3.63, 3.8) is 0 Å². The molecule has 0 radical (unpaired) electrons. The maximum atomic E-state index is 12.1. The van der Waals surface area contributed by atoms with Crippen molar-refractivity contribution in [3.05, 3.63) is 0 Å². The maximum Gasteiger partial charge on any atom is 0.415 e. The molecule has 1 atom stereocenters. The van der Waals surface area contributed by atoms with Crippen molar-refractivity contribution in [3.8, 4) is 0 Å². The van der Waals surface area contributed by atoms with E-state index in [1.165, 1.54) is 14.1 Å². The molecule has 3 nitrogen and oxygen atoms in total. The molecule has 0 aromatic carbocycles. The molecule has 12 heavy (non-hydrogen) atoms. The fourth-order valence-corrected chi connectivity index (χ4v) is 0.586. The average Bonchev–Trinajstić information content (AvgIpc) is 1.83. The molecule has 0 fully saturated rings. The second-order valence-corrected chi connectivity index (χ2v) is 2.90. The molecule has 0 aromatic heterocycles. The van der Waals surface area contributed by atoms with Crippen LogP contribution >= 0.6 is 0 Å². The van der Waals surface area contributed by atoms with Gasteiger partial charge in [-0.2, -0.15) is 13.2 Å². The van der Waals surface area contributed by atoms with E-state index in [1.807, 2.05) is 0 Å². The van der Waals surface area contributed by atoms with E-state index in [0.717, 1.165) is 4.90 Å². The number of carbonyl (C=O) groups excluding carboxylic acids is 1. The predicted octanol–water partition coefficient (Wildman–Crippen LogP) is 0.354. The maximum absolute atomic E-state index is 12.1. The van der Waals surface area contributed by atoms with Crippen LogP contribution in [0, 0.1) is 0 Å². The molecule has 1 unspecified atom stereocenters. The van der Waals surface area contributed by atoms with Crippen LogP contribution in [0.5, 0.6) is 0 Å². The fourth-order valence-electron chi connectivity index (χ4n) is 0.586. The molecular weight excluding hydrogens is 173 g/mol. The molecule has 0 heterocycles. The van der Waals surface area contributed by atoms with Crippen molar-refractivity contribution < 1.29 is 18.0 Å². The van der Waals surface area contributed by atoms with Crippen LogP contribution < -0.4 is 5.73 Å². The van der Waals surface area contributed by atoms with E-state index in [1.54, 1.807) is 0 Å². The average molecular weight is 184 g/mol. The number of hydrogen-bond donors (Lipinski definition) is 1. The number of rotatable bonds is 1. The van der Waals surface area contributed by atoms with Crippen LogP contribution in [0.25, 0.3) is 0 Å². The van der Waals surface area contributed by atoms with Gasteiger partial charge in [-0.05, 0) is 6.92 Å². The quantitative estimate of drug-likeness (QED) is 0.639. The first-order valence-electron chi connectivity index (χ1n) is 3.18. The molecule has 0 aromatic rings. The Balaban J connectivity index is 4.74. The Kier molecular flexibility index (Phi) is 2.74. The number of nitrogens with two attached hydrogens (primary N) is 1. The summed E-state index contributed by atoms with van der Waals surface area (Å²) in [5, 5.41) is 0. The van der Waals surface area contributed by atoms with Crippen LogP contribution in [0.4, 0.5) is 13.2 Å². The smallest absolute Gasteiger partial charge is 0.347 e. The van der Waals surface area contributed by atoms with Crippen molar-refractivity contribution >= 4 is 5.91 Å². The van der Waals surface area contributed by atoms with Gasteiger partial charge in [0.05, 0.1) is 0 Å². The van der Waals surface area contributed by atoms with E-state index in [0.29, 0.717) is 6.92 Å². The van der Waals surface area contributed by atoms with Gasteiger partial charge >= 0.3 is 6.18 Å². The molecule has 2 N–H and O–H groups in total. The van der Waals surface area contributed by atoms with Gasteiger partial charge in [0.1, 0.15) is 0 Å². The van der Waals surface area contributed by atoms with Gasteiger partial charge in [0.2, 0.25) is 0 Å². The molecule has 0 spiro atoms. The first-order valence-corrected chi connectivity index (χ1v) is 3.18. The summed E-state index contributed by atoms with van der Waals surface area (Å²) in [5.74, 6) is -1.16. The Morgan fingerprint density at radius 1 is 1.33 bits per heavy atom. The SMILES string of the molecule is CN(C)C(=O)C(C)(N)C(F)(F)F. The second-order valence-electron chi connectivity index (χ2n) is 2.90. The molecule has 0 saturated carbocycles. The number of hydrogen-bond acceptors (Lipinski definition) is 2. The summed E-state index contributed by atoms with van der Waals surface area (Å²) >= 11 is 0. The number of amides is 1. The highest BCUT2D eigenvalue weighted by molar-refractivity contribution is 5.86. The summed E-state index contributed by atoms with van der Waals surface area (Å²) in [7, 11) is 2.44. The Labute approximate surface area is 68.3 Å². The third-order valence-electron chi connectivity index (χ3n) is 1.44. The van der Waals surface area contributed by atoms with Gasteiger partial charge in [0, 0.05) is 14.1 Å². The predicted molar refractivity (Wildman–Crippen MR) is 37.3 cm³/mol. The van der Waals surface area contributed by atoms with Crippen molar-refractivity contribution in [2.24, 2.45) is 5.73 Å². The highest BCUT2D eigenvalue weighted by Gasteiger charge is 2.54. The molecule has 0 saturated heterocycles. The van der Waals surface area contributed by atoms with Gasteiger partial charge in [-0.15, -0.1) is 0 Å². The largest absolute Gasteiger partial charge is 0.415 e. The van der Waals surface area contributed by atoms with E-state index in [-0.39, 0.29) is 0 Å². The third kappa shape index (κ3) is 1.88. The molecule has 1 amide bonds. The molecule has 6 heteroatoms. The highest BCUT2D eigenvalue weighted by Crippen LogP contribution is 2.28. The molecule has 72 valence electrons. The van der Waals surface area contributed by atoms with Crippen LogP contribution in [-0.2, 0) is 4.79 Å². The first kappa shape index (κ1) is 11.2. The summed E-state index contributed by atoms with van der Waals surface area (Å²) in [6.07, 6.45) is -4.71. The van der Waals surface area contributed by atoms with Crippen LogP contribution in [0.15, 0.2) is 0 Å². The normalized spacial score (nSPS) is 16.9. The molecule has 0 aliphatic carbocycles. The van der Waals surface area contributed by atoms with Crippen molar-refractivity contribution in [1.29, 1.82) is 0 Å². The van der Waals surface area contributed by atoms with Gasteiger partial charge in [-0.3, -0.25) is 4.79 Å². The zero-order valence-corrected chi connectivity index (χ0v) is 7.07. The Hall–Kier alpha value is -0.780. The zero-order valence-electron chi connectivity index (χ0n) is 7.07. The Bertz CT molecular complexity index is 186. The van der Waals surface area contributed by atoms with Gasteiger partial charge in [-0.1, -0.05) is 0 Å². The Morgan fingerprint density at radius 2 is 1.67 bits per heavy atom. The Morgan fingerprint density at radius 3 is 1.75 bits per heavy atom. The summed E-state index contributed by atoms with van der Waals surface area (Å²) < 4.78 is 36.2. The summed E-state index contributed by atoms with van der Waals surface area (Å²) in [5.41, 5.74) is 2.03. The van der Waals surface area contributed by atoms with Crippen LogP contribution in [0.1, 0.15) is 6.92 Å². The molecule has 0 aliphatic heterocycles. The van der Waals surface area contributed by atoms with E-state index in [4.69, 9.17) is 5.73 Å². The molecule has 0 rings (SSSR count). The third-order valence-corrected chi connectivity index (χ3v) is 1.44. The lowest BCUT2D eigenvalue weighted by Gasteiger charge is -2.28. The number of nitrogens with zero attached hydrogens (tertiary/aromatic N) is 1. The van der Waals surface area contributed by atoms with Crippen LogP contribution in [0.3, 0.4) is 0 Å². The van der Waals surface area contributed by atoms with Crippen molar-refractivity contribution in [1.82, 2.24) is 4.90 Å². The monoisotopic (exact) mass is 184 g/mol. The number of carbonyl (C=O) groups is 1. The summed E-state index contributed by atoms with van der Waals surface area (Å²) in [6, 6.07) is 0. The van der Waals surface area contributed by atoms with Gasteiger partial charge in [-0.25, -0.2) is 0 Å². The zero-order chi connectivity index (χ0) is 10.2. The lowest BCUT2D eigenvalue weighted by atomic mass is 10.0.